The average molecular weight is 129 g/mol. The zero-order valence-corrected chi connectivity index (χ0v) is 4.83. The Hall–Kier alpha value is -1.08. The van der Waals surface area contributed by atoms with Gasteiger partial charge in [0.25, 0.3) is 0 Å². The summed E-state index contributed by atoms with van der Waals surface area (Å²) < 4.78 is 4.55. The van der Waals surface area contributed by atoms with Crippen LogP contribution < -0.4 is 0 Å². The number of ether oxygens (including phenoxy) is 1. The number of aliphatic carboxylic acids is 1. The highest BCUT2D eigenvalue weighted by Gasteiger charge is 1.93. The van der Waals surface area contributed by atoms with Crippen LogP contribution in [-0.4, -0.2) is 24.3 Å². The summed E-state index contributed by atoms with van der Waals surface area (Å²) >= 11 is 0. The van der Waals surface area contributed by atoms with Crippen LogP contribution in [-0.2, 0) is 9.53 Å². The Morgan fingerprint density at radius 3 is 2.89 bits per heavy atom. The first-order valence-electron chi connectivity index (χ1n) is 2.44. The lowest BCUT2D eigenvalue weighted by atomic mass is 10.5. The minimum atomic E-state index is -0.909. The SMILES string of the molecule is N#CCOCCC(=O)O. The third kappa shape index (κ3) is 6.92. The van der Waals surface area contributed by atoms with Crippen LogP contribution in [0.5, 0.6) is 0 Å². The van der Waals surface area contributed by atoms with Crippen molar-refractivity contribution in [3.8, 4) is 6.07 Å². The molecule has 4 nitrogen and oxygen atoms in total. The fraction of sp³-hybridized carbons (Fsp3) is 0.600. The fourth-order valence-electron chi connectivity index (χ4n) is 0.277. The van der Waals surface area contributed by atoms with Crippen molar-refractivity contribution in [3.05, 3.63) is 0 Å². The second-order valence-corrected chi connectivity index (χ2v) is 1.35. The number of nitriles is 1. The van der Waals surface area contributed by atoms with Crippen molar-refractivity contribution in [1.82, 2.24) is 0 Å². The minimum absolute atomic E-state index is 0.0344. The van der Waals surface area contributed by atoms with Crippen molar-refractivity contribution in [2.24, 2.45) is 0 Å². The van der Waals surface area contributed by atoms with E-state index >= 15 is 0 Å². The summed E-state index contributed by atoms with van der Waals surface area (Å²) in [5, 5.41) is 16.0. The van der Waals surface area contributed by atoms with Gasteiger partial charge in [-0.3, -0.25) is 4.79 Å². The van der Waals surface area contributed by atoms with Crippen LogP contribution in [0, 0.1) is 11.3 Å². The third-order valence-electron chi connectivity index (χ3n) is 0.627. The Morgan fingerprint density at radius 2 is 2.44 bits per heavy atom. The first-order valence-corrected chi connectivity index (χ1v) is 2.44. The highest BCUT2D eigenvalue weighted by Crippen LogP contribution is 1.80. The van der Waals surface area contributed by atoms with Gasteiger partial charge in [0.05, 0.1) is 19.1 Å². The summed E-state index contributed by atoms with van der Waals surface area (Å²) in [6.07, 6.45) is -0.0400. The molecule has 0 saturated heterocycles. The van der Waals surface area contributed by atoms with E-state index in [1.54, 1.807) is 6.07 Å². The van der Waals surface area contributed by atoms with Crippen LogP contribution in [0.1, 0.15) is 6.42 Å². The summed E-state index contributed by atoms with van der Waals surface area (Å²) in [6.45, 7) is 0.0795. The second-order valence-electron chi connectivity index (χ2n) is 1.35. The molecule has 1 N–H and O–H groups in total. The second kappa shape index (κ2) is 5.06. The molecule has 0 aliphatic rings. The molecule has 0 unspecified atom stereocenters. The zero-order valence-electron chi connectivity index (χ0n) is 4.83. The summed E-state index contributed by atoms with van der Waals surface area (Å²) in [7, 11) is 0. The molecule has 50 valence electrons. The lowest BCUT2D eigenvalue weighted by Gasteiger charge is -1.92. The van der Waals surface area contributed by atoms with Gasteiger partial charge in [-0.25, -0.2) is 0 Å². The quantitative estimate of drug-likeness (QED) is 0.542. The molecule has 0 atom stereocenters. The van der Waals surface area contributed by atoms with Crippen LogP contribution in [0.4, 0.5) is 0 Å². The smallest absolute Gasteiger partial charge is 0.305 e. The van der Waals surface area contributed by atoms with Gasteiger partial charge < -0.3 is 9.84 Å². The van der Waals surface area contributed by atoms with Crippen molar-refractivity contribution < 1.29 is 14.6 Å². The maximum Gasteiger partial charge on any atom is 0.305 e. The van der Waals surface area contributed by atoms with Crippen molar-refractivity contribution >= 4 is 5.97 Å². The first kappa shape index (κ1) is 7.92. The largest absolute Gasteiger partial charge is 0.481 e. The number of nitrogens with zero attached hydrogens (tertiary/aromatic N) is 1. The maximum atomic E-state index is 9.80. The number of carbonyl (C=O) groups is 1. The first-order chi connectivity index (χ1) is 4.27. The van der Waals surface area contributed by atoms with Gasteiger partial charge >= 0.3 is 5.97 Å². The third-order valence-corrected chi connectivity index (χ3v) is 0.627. The molecule has 0 aliphatic heterocycles. The van der Waals surface area contributed by atoms with E-state index < -0.39 is 5.97 Å². The van der Waals surface area contributed by atoms with Gasteiger partial charge in [0.1, 0.15) is 6.61 Å². The number of rotatable bonds is 4. The Morgan fingerprint density at radius 1 is 1.78 bits per heavy atom. The number of carboxylic acids is 1. The average Bonchev–Trinajstić information content (AvgIpc) is 1.80. The van der Waals surface area contributed by atoms with Gasteiger partial charge in [-0.15, -0.1) is 0 Å². The molecule has 0 aromatic carbocycles. The lowest BCUT2D eigenvalue weighted by molar-refractivity contribution is -0.138. The van der Waals surface area contributed by atoms with Crippen molar-refractivity contribution in [3.63, 3.8) is 0 Å². The lowest BCUT2D eigenvalue weighted by Crippen LogP contribution is -2.02. The Labute approximate surface area is 52.7 Å². The van der Waals surface area contributed by atoms with Crippen molar-refractivity contribution in [2.45, 2.75) is 6.42 Å². The summed E-state index contributed by atoms with van der Waals surface area (Å²) in [5.41, 5.74) is 0. The van der Waals surface area contributed by atoms with E-state index in [1.807, 2.05) is 0 Å². The molecule has 9 heavy (non-hydrogen) atoms. The minimum Gasteiger partial charge on any atom is -0.481 e. The van der Waals surface area contributed by atoms with E-state index in [2.05, 4.69) is 4.74 Å². The standard InChI is InChI=1S/C5H7NO3/c6-2-4-9-3-1-5(7)8/h1,3-4H2,(H,7,8). The van der Waals surface area contributed by atoms with E-state index in [0.29, 0.717) is 0 Å². The topological polar surface area (TPSA) is 70.3 Å². The van der Waals surface area contributed by atoms with Crippen LogP contribution in [0.2, 0.25) is 0 Å². The van der Waals surface area contributed by atoms with Gasteiger partial charge in [-0.2, -0.15) is 5.26 Å². The van der Waals surface area contributed by atoms with Crippen LogP contribution in [0.3, 0.4) is 0 Å². The predicted octanol–water partition coefficient (Wildman–Crippen LogP) is 0.00128. The number of carboxylic acid groups (broad SMARTS) is 1. The van der Waals surface area contributed by atoms with Crippen LogP contribution >= 0.6 is 0 Å². The van der Waals surface area contributed by atoms with Gasteiger partial charge in [0.2, 0.25) is 0 Å². The van der Waals surface area contributed by atoms with E-state index in [9.17, 15) is 4.79 Å². The Balaban J connectivity index is 2.94. The van der Waals surface area contributed by atoms with Gasteiger partial charge in [-0.05, 0) is 0 Å². The molecule has 0 saturated carbocycles. The normalized spacial score (nSPS) is 8.33. The Kier molecular flexibility index (Phi) is 4.46. The number of hydrogen-bond donors (Lipinski definition) is 1. The monoisotopic (exact) mass is 129 g/mol. The van der Waals surface area contributed by atoms with Crippen molar-refractivity contribution in [2.75, 3.05) is 13.2 Å². The molecular weight excluding hydrogens is 122 g/mol. The van der Waals surface area contributed by atoms with Crippen LogP contribution in [0.25, 0.3) is 0 Å². The van der Waals surface area contributed by atoms with E-state index in [1.165, 1.54) is 0 Å². The molecule has 0 aromatic heterocycles. The number of hydrogen-bond acceptors (Lipinski definition) is 3. The van der Waals surface area contributed by atoms with E-state index in [4.69, 9.17) is 10.4 Å². The molecule has 0 heterocycles. The Bertz CT molecular complexity index is 127. The molecular formula is C5H7NO3. The highest BCUT2D eigenvalue weighted by molar-refractivity contribution is 5.66. The van der Waals surface area contributed by atoms with Crippen molar-refractivity contribution in [1.29, 1.82) is 5.26 Å². The molecule has 0 fully saturated rings. The predicted molar refractivity (Wildman–Crippen MR) is 28.7 cm³/mol. The summed E-state index contributed by atoms with van der Waals surface area (Å²) in [4.78, 5) is 9.80. The summed E-state index contributed by atoms with van der Waals surface area (Å²) in [5.74, 6) is -0.909. The molecule has 0 aliphatic carbocycles. The molecule has 4 heteroatoms. The molecule has 0 amide bonds. The highest BCUT2D eigenvalue weighted by atomic mass is 16.5. The van der Waals surface area contributed by atoms with Gasteiger partial charge in [-0.1, -0.05) is 0 Å². The fourth-order valence-corrected chi connectivity index (χ4v) is 0.277. The molecule has 0 aromatic rings. The van der Waals surface area contributed by atoms with E-state index in [0.717, 1.165) is 0 Å². The summed E-state index contributed by atoms with van der Waals surface area (Å²) in [6, 6.07) is 1.73. The zero-order chi connectivity index (χ0) is 7.11. The van der Waals surface area contributed by atoms with E-state index in [-0.39, 0.29) is 19.6 Å². The molecule has 0 rings (SSSR count). The van der Waals surface area contributed by atoms with Gasteiger partial charge in [0.15, 0.2) is 0 Å². The van der Waals surface area contributed by atoms with Gasteiger partial charge in [0, 0.05) is 0 Å². The molecule has 0 radical (unpaired) electrons. The van der Waals surface area contributed by atoms with Crippen LogP contribution in [0.15, 0.2) is 0 Å². The maximum absolute atomic E-state index is 9.80. The molecule has 0 bridgehead atoms. The molecule has 0 spiro atoms.